The molecule has 1 atom stereocenters. The van der Waals surface area contributed by atoms with Crippen LogP contribution in [0.5, 0.6) is 0 Å². The Kier molecular flexibility index (Phi) is 7.14. The van der Waals surface area contributed by atoms with E-state index in [1.165, 1.54) is 11.8 Å². The van der Waals surface area contributed by atoms with Gasteiger partial charge < -0.3 is 15.5 Å². The molecule has 0 aliphatic rings. The number of thioether (sulfide) groups is 2. The van der Waals surface area contributed by atoms with Crippen molar-refractivity contribution in [3.8, 4) is 0 Å². The SMILES string of the molecule is CSCC[C@H]([NH3+])c1nnc(SCC(=O)Nc2cccc(C)c2C)o1. The van der Waals surface area contributed by atoms with Crippen LogP contribution in [0.2, 0.25) is 0 Å². The Morgan fingerprint density at radius 2 is 2.17 bits per heavy atom. The number of carbonyl (C=O) groups excluding carboxylic acids is 1. The van der Waals surface area contributed by atoms with Crippen LogP contribution in [0.1, 0.15) is 29.5 Å². The minimum atomic E-state index is -0.0954. The van der Waals surface area contributed by atoms with Crippen LogP contribution in [0.3, 0.4) is 0 Å². The second kappa shape index (κ2) is 9.10. The van der Waals surface area contributed by atoms with Crippen LogP contribution >= 0.6 is 23.5 Å². The van der Waals surface area contributed by atoms with Gasteiger partial charge in [-0.3, -0.25) is 4.79 Å². The summed E-state index contributed by atoms with van der Waals surface area (Å²) in [5.74, 6) is 1.65. The second-order valence-corrected chi connectivity index (χ2v) is 7.38. The van der Waals surface area contributed by atoms with Crippen molar-refractivity contribution in [1.82, 2.24) is 10.2 Å². The molecular formula is C16H23N4O2S2+. The van der Waals surface area contributed by atoms with Gasteiger partial charge >= 0.3 is 0 Å². The molecule has 4 N–H and O–H groups in total. The van der Waals surface area contributed by atoms with Gasteiger partial charge in [0.1, 0.15) is 0 Å². The quantitative estimate of drug-likeness (QED) is 0.696. The van der Waals surface area contributed by atoms with Gasteiger partial charge in [0, 0.05) is 12.1 Å². The molecule has 2 aromatic rings. The number of anilines is 1. The van der Waals surface area contributed by atoms with Gasteiger partial charge in [-0.1, -0.05) is 23.9 Å². The number of rotatable bonds is 8. The predicted molar refractivity (Wildman–Crippen MR) is 98.2 cm³/mol. The van der Waals surface area contributed by atoms with Crippen molar-refractivity contribution in [3.63, 3.8) is 0 Å². The maximum absolute atomic E-state index is 12.1. The van der Waals surface area contributed by atoms with E-state index in [9.17, 15) is 4.79 Å². The van der Waals surface area contributed by atoms with Crippen molar-refractivity contribution in [2.24, 2.45) is 0 Å². The van der Waals surface area contributed by atoms with Gasteiger partial charge in [0.25, 0.3) is 11.1 Å². The molecule has 0 fully saturated rings. The zero-order valence-electron chi connectivity index (χ0n) is 14.2. The molecule has 0 radical (unpaired) electrons. The number of hydrogen-bond acceptors (Lipinski definition) is 6. The fraction of sp³-hybridized carbons (Fsp3) is 0.438. The van der Waals surface area contributed by atoms with Crippen molar-refractivity contribution in [3.05, 3.63) is 35.2 Å². The summed E-state index contributed by atoms with van der Waals surface area (Å²) in [5.41, 5.74) is 7.09. The monoisotopic (exact) mass is 367 g/mol. The van der Waals surface area contributed by atoms with Gasteiger partial charge in [0.2, 0.25) is 5.91 Å². The van der Waals surface area contributed by atoms with Crippen LogP contribution in [0.15, 0.2) is 27.8 Å². The lowest BCUT2D eigenvalue weighted by molar-refractivity contribution is -0.432. The third kappa shape index (κ3) is 5.25. The van der Waals surface area contributed by atoms with Crippen LogP contribution in [-0.2, 0) is 4.79 Å². The van der Waals surface area contributed by atoms with Crippen molar-refractivity contribution in [2.75, 3.05) is 23.1 Å². The van der Waals surface area contributed by atoms with Crippen LogP contribution < -0.4 is 11.1 Å². The largest absolute Gasteiger partial charge is 0.410 e. The summed E-state index contributed by atoms with van der Waals surface area (Å²) in [6.45, 7) is 4.01. The fourth-order valence-corrected chi connectivity index (χ4v) is 3.12. The molecule has 2 rings (SSSR count). The van der Waals surface area contributed by atoms with Gasteiger partial charge in [-0.15, -0.1) is 10.2 Å². The van der Waals surface area contributed by atoms with Crippen LogP contribution in [0, 0.1) is 13.8 Å². The summed E-state index contributed by atoms with van der Waals surface area (Å²) >= 11 is 3.00. The highest BCUT2D eigenvalue weighted by atomic mass is 32.2. The molecule has 0 bridgehead atoms. The molecule has 0 aliphatic heterocycles. The topological polar surface area (TPSA) is 95.7 Å². The summed E-state index contributed by atoms with van der Waals surface area (Å²) in [5, 5.41) is 11.3. The average molecular weight is 368 g/mol. The number of hydrogen-bond donors (Lipinski definition) is 2. The zero-order chi connectivity index (χ0) is 17.5. The lowest BCUT2D eigenvalue weighted by Gasteiger charge is -2.09. The predicted octanol–water partition coefficient (Wildman–Crippen LogP) is 2.45. The minimum Gasteiger partial charge on any atom is -0.410 e. The number of amides is 1. The van der Waals surface area contributed by atoms with E-state index in [1.807, 2.05) is 32.0 Å². The molecule has 0 aliphatic carbocycles. The molecule has 24 heavy (non-hydrogen) atoms. The van der Waals surface area contributed by atoms with Gasteiger partial charge in [-0.25, -0.2) is 0 Å². The number of aromatic nitrogens is 2. The zero-order valence-corrected chi connectivity index (χ0v) is 15.8. The molecule has 6 nitrogen and oxygen atoms in total. The molecule has 0 unspecified atom stereocenters. The van der Waals surface area contributed by atoms with E-state index in [0.717, 1.165) is 29.0 Å². The Morgan fingerprint density at radius 1 is 1.38 bits per heavy atom. The normalized spacial score (nSPS) is 12.2. The van der Waals surface area contributed by atoms with E-state index < -0.39 is 0 Å². The van der Waals surface area contributed by atoms with Crippen molar-refractivity contribution >= 4 is 35.1 Å². The summed E-state index contributed by atoms with van der Waals surface area (Å²) in [7, 11) is 0. The maximum atomic E-state index is 12.1. The van der Waals surface area contributed by atoms with Crippen LogP contribution in [0.25, 0.3) is 0 Å². The first-order valence-electron chi connectivity index (χ1n) is 7.65. The van der Waals surface area contributed by atoms with E-state index in [0.29, 0.717) is 11.1 Å². The molecular weight excluding hydrogens is 344 g/mol. The van der Waals surface area contributed by atoms with Gasteiger partial charge in [0.05, 0.1) is 5.75 Å². The van der Waals surface area contributed by atoms with Crippen LogP contribution in [0.4, 0.5) is 5.69 Å². The Morgan fingerprint density at radius 3 is 2.92 bits per heavy atom. The maximum Gasteiger partial charge on any atom is 0.277 e. The molecule has 1 aromatic carbocycles. The van der Waals surface area contributed by atoms with E-state index in [-0.39, 0.29) is 17.7 Å². The summed E-state index contributed by atoms with van der Waals surface area (Å²) in [6, 6.07) is 5.84. The number of aryl methyl sites for hydroxylation is 1. The number of benzene rings is 1. The van der Waals surface area contributed by atoms with Gasteiger partial charge in [0.15, 0.2) is 6.04 Å². The highest BCUT2D eigenvalue weighted by Crippen LogP contribution is 2.22. The first-order chi connectivity index (χ1) is 11.5. The first kappa shape index (κ1) is 18.8. The van der Waals surface area contributed by atoms with Gasteiger partial charge in [-0.05, 0) is 43.0 Å². The highest BCUT2D eigenvalue weighted by Gasteiger charge is 2.18. The Hall–Kier alpha value is -1.51. The molecule has 8 heteroatoms. The number of carbonyl (C=O) groups is 1. The third-order valence-corrected chi connectivity index (χ3v) is 5.11. The molecule has 1 aromatic heterocycles. The Bertz CT molecular complexity index is 690. The summed E-state index contributed by atoms with van der Waals surface area (Å²) in [6.07, 6.45) is 2.94. The number of nitrogens with zero attached hydrogens (tertiary/aromatic N) is 2. The molecule has 0 saturated heterocycles. The average Bonchev–Trinajstić information content (AvgIpc) is 3.04. The lowest BCUT2D eigenvalue weighted by atomic mass is 10.1. The van der Waals surface area contributed by atoms with Crippen molar-refractivity contribution < 1.29 is 14.9 Å². The van der Waals surface area contributed by atoms with Crippen molar-refractivity contribution in [1.29, 1.82) is 0 Å². The van der Waals surface area contributed by atoms with E-state index in [2.05, 4.69) is 27.5 Å². The van der Waals surface area contributed by atoms with E-state index in [4.69, 9.17) is 4.42 Å². The molecule has 1 heterocycles. The smallest absolute Gasteiger partial charge is 0.277 e. The summed E-state index contributed by atoms with van der Waals surface area (Å²) in [4.78, 5) is 12.1. The fourth-order valence-electron chi connectivity index (χ4n) is 2.03. The Balaban J connectivity index is 1.86. The molecule has 0 saturated carbocycles. The van der Waals surface area contributed by atoms with Crippen LogP contribution in [-0.4, -0.2) is 33.9 Å². The van der Waals surface area contributed by atoms with Gasteiger partial charge in [-0.2, -0.15) is 11.8 Å². The third-order valence-electron chi connectivity index (χ3n) is 3.65. The van der Waals surface area contributed by atoms with E-state index in [1.54, 1.807) is 11.8 Å². The number of nitrogens with one attached hydrogen (secondary N) is 1. The Labute approximate surface area is 150 Å². The second-order valence-electron chi connectivity index (χ2n) is 5.47. The lowest BCUT2D eigenvalue weighted by Crippen LogP contribution is -2.53. The standard InChI is InChI=1S/C16H22N4O2S2/c1-10-5-4-6-13(11(10)2)18-14(21)9-24-16-20-19-15(22-16)12(17)7-8-23-3/h4-6,12H,7-9,17H2,1-3H3,(H,18,21)/p+1/t12-/m0/s1. The molecule has 1 amide bonds. The highest BCUT2D eigenvalue weighted by molar-refractivity contribution is 7.99. The van der Waals surface area contributed by atoms with E-state index >= 15 is 0 Å². The summed E-state index contributed by atoms with van der Waals surface area (Å²) < 4.78 is 5.57. The number of quaternary nitrogens is 1. The minimum absolute atomic E-state index is 0.0110. The molecule has 130 valence electrons. The first-order valence-corrected chi connectivity index (χ1v) is 10.0. The molecule has 0 spiro atoms. The van der Waals surface area contributed by atoms with Crippen molar-refractivity contribution in [2.45, 2.75) is 31.5 Å².